The van der Waals surface area contributed by atoms with Gasteiger partial charge in [-0.3, -0.25) is 0 Å². The van der Waals surface area contributed by atoms with Crippen molar-refractivity contribution in [1.82, 2.24) is 0 Å². The first kappa shape index (κ1) is 23.6. The molecule has 0 saturated heterocycles. The predicted molar refractivity (Wildman–Crippen MR) is 133 cm³/mol. The Kier molecular flexibility index (Phi) is 6.51. The van der Waals surface area contributed by atoms with Gasteiger partial charge in [0, 0.05) is 25.2 Å². The van der Waals surface area contributed by atoms with Gasteiger partial charge in [0.15, 0.2) is 6.07 Å². The van der Waals surface area contributed by atoms with Crippen LogP contribution in [0.5, 0.6) is 0 Å². The predicted octanol–water partition coefficient (Wildman–Crippen LogP) is 6.40. The van der Waals surface area contributed by atoms with Crippen LogP contribution in [0.1, 0.15) is 78.6 Å². The van der Waals surface area contributed by atoms with Gasteiger partial charge in [-0.05, 0) is 112 Å². The van der Waals surface area contributed by atoms with E-state index in [2.05, 4.69) is 39.0 Å². The Bertz CT molecular complexity index is 829. The van der Waals surface area contributed by atoms with Crippen LogP contribution in [0.2, 0.25) is 0 Å². The molecule has 10 unspecified atom stereocenters. The Morgan fingerprint density at radius 1 is 1.15 bits per heavy atom. The van der Waals surface area contributed by atoms with E-state index >= 15 is 0 Å². The molecule has 33 heavy (non-hydrogen) atoms. The van der Waals surface area contributed by atoms with Gasteiger partial charge in [-0.15, -0.1) is 0 Å². The molecule has 0 aromatic heterocycles. The van der Waals surface area contributed by atoms with Crippen LogP contribution in [-0.4, -0.2) is 37.6 Å². The molecule has 182 valence electrons. The fourth-order valence-electron chi connectivity index (χ4n) is 9.81. The highest BCUT2D eigenvalue weighted by Gasteiger charge is 2.58. The number of quaternary nitrogens is 1. The molecule has 4 nitrogen and oxygen atoms in total. The monoisotopic (exact) mass is 452 g/mol. The summed E-state index contributed by atoms with van der Waals surface area (Å²) in [6, 6.07) is 2.39. The number of nitrogens with zero attached hydrogens (tertiary/aromatic N) is 3. The maximum absolute atomic E-state index is 9.58. The maximum atomic E-state index is 9.58. The number of hydrogen-bond donors (Lipinski definition) is 0. The Morgan fingerprint density at radius 3 is 2.76 bits per heavy atom. The van der Waals surface area contributed by atoms with Crippen LogP contribution in [0.4, 0.5) is 0 Å². The van der Waals surface area contributed by atoms with Crippen molar-refractivity contribution < 1.29 is 9.33 Å². The van der Waals surface area contributed by atoms with Crippen molar-refractivity contribution in [1.29, 1.82) is 5.26 Å². The molecule has 0 aromatic rings. The zero-order chi connectivity index (χ0) is 23.2. The summed E-state index contributed by atoms with van der Waals surface area (Å²) in [5.41, 5.74) is 1.28. The molecule has 0 amide bonds. The lowest BCUT2D eigenvalue weighted by Gasteiger charge is -2.57. The summed E-state index contributed by atoms with van der Waals surface area (Å²) >= 11 is 0. The standard InChI is InChI=1S/C29H46N3O/c1-5-33-19-21-6-8-24-22(16-21)7-9-26-25(24)12-14-29(3)27(10-11-28(26)29)20(2)18-32(4)23(17-30)13-15-31-32/h13,15,20-22,24-28H,5-12,14,16,18-19H2,1-4H3/q+1. The fourth-order valence-corrected chi connectivity index (χ4v) is 9.81. The van der Waals surface area contributed by atoms with E-state index < -0.39 is 0 Å². The summed E-state index contributed by atoms with van der Waals surface area (Å²) in [6.07, 6.45) is 16.7. The Hall–Kier alpha value is -1.18. The topological polar surface area (TPSA) is 45.4 Å². The first-order valence-electron chi connectivity index (χ1n) is 14.0. The lowest BCUT2D eigenvalue weighted by Crippen LogP contribution is -2.50. The molecule has 0 bridgehead atoms. The third-order valence-electron chi connectivity index (χ3n) is 11.2. The molecule has 1 heterocycles. The van der Waals surface area contributed by atoms with Crippen molar-refractivity contribution in [2.45, 2.75) is 78.6 Å². The summed E-state index contributed by atoms with van der Waals surface area (Å²) in [5.74, 6) is 7.03. The third-order valence-corrected chi connectivity index (χ3v) is 11.2. The SMILES string of the molecule is CCOCC1CCC2C(CCC3C2CCC2(C)C(C(C)C[N+]4(C)N=CC=C4C#N)CCC32)C1. The fraction of sp³-hybridized carbons (Fsp3) is 0.862. The van der Waals surface area contributed by atoms with E-state index in [1.807, 2.05) is 12.3 Å². The second-order valence-corrected chi connectivity index (χ2v) is 12.7. The van der Waals surface area contributed by atoms with E-state index in [1.165, 1.54) is 57.8 Å². The molecule has 4 fully saturated rings. The summed E-state index contributed by atoms with van der Waals surface area (Å²) in [6.45, 7) is 10.1. The van der Waals surface area contributed by atoms with Gasteiger partial charge in [-0.25, -0.2) is 0 Å². The highest BCUT2D eigenvalue weighted by Crippen LogP contribution is 2.65. The summed E-state index contributed by atoms with van der Waals surface area (Å²) in [4.78, 5) is 0. The minimum Gasteiger partial charge on any atom is -0.381 e. The van der Waals surface area contributed by atoms with Gasteiger partial charge in [-0.2, -0.15) is 9.85 Å². The quantitative estimate of drug-likeness (QED) is 0.438. The third kappa shape index (κ3) is 4.02. The Morgan fingerprint density at radius 2 is 1.97 bits per heavy atom. The largest absolute Gasteiger partial charge is 0.381 e. The highest BCUT2D eigenvalue weighted by molar-refractivity contribution is 5.73. The molecule has 0 spiro atoms. The van der Waals surface area contributed by atoms with Gasteiger partial charge < -0.3 is 4.74 Å². The van der Waals surface area contributed by atoms with Crippen molar-refractivity contribution in [3.8, 4) is 6.07 Å². The van der Waals surface area contributed by atoms with Crippen LogP contribution in [0.3, 0.4) is 0 Å². The smallest absolute Gasteiger partial charge is 0.238 e. The average molecular weight is 453 g/mol. The molecule has 0 radical (unpaired) electrons. The van der Waals surface area contributed by atoms with Gasteiger partial charge >= 0.3 is 0 Å². The van der Waals surface area contributed by atoms with Crippen LogP contribution < -0.4 is 0 Å². The minimum atomic E-state index is 0.452. The Labute approximate surface area is 202 Å². The first-order valence-corrected chi connectivity index (χ1v) is 14.0. The lowest BCUT2D eigenvalue weighted by molar-refractivity contribution is -0.876. The Balaban J connectivity index is 1.26. The minimum absolute atomic E-state index is 0.452. The van der Waals surface area contributed by atoms with Gasteiger partial charge in [0.2, 0.25) is 5.70 Å². The number of allylic oxidation sites excluding steroid dienone is 2. The molecular formula is C29H46N3O+. The molecule has 4 heteroatoms. The molecule has 1 aliphatic heterocycles. The van der Waals surface area contributed by atoms with Crippen molar-refractivity contribution in [3.63, 3.8) is 0 Å². The highest BCUT2D eigenvalue weighted by atomic mass is 16.5. The van der Waals surface area contributed by atoms with E-state index in [1.54, 1.807) is 0 Å². The van der Waals surface area contributed by atoms with Gasteiger partial charge in [0.1, 0.15) is 6.54 Å². The maximum Gasteiger partial charge on any atom is 0.238 e. The summed E-state index contributed by atoms with van der Waals surface area (Å²) < 4.78 is 6.25. The second kappa shape index (κ2) is 9.12. The van der Waals surface area contributed by atoms with Gasteiger partial charge in [0.05, 0.1) is 13.3 Å². The van der Waals surface area contributed by atoms with Crippen molar-refractivity contribution >= 4 is 6.21 Å². The van der Waals surface area contributed by atoms with E-state index in [0.717, 1.165) is 66.9 Å². The van der Waals surface area contributed by atoms with Crippen LogP contribution in [0, 0.1) is 64.1 Å². The van der Waals surface area contributed by atoms with Gasteiger partial charge in [-0.1, -0.05) is 18.9 Å². The lowest BCUT2D eigenvalue weighted by atomic mass is 9.49. The molecule has 10 atom stereocenters. The van der Waals surface area contributed by atoms with Gasteiger partial charge in [0.25, 0.3) is 0 Å². The van der Waals surface area contributed by atoms with E-state index in [-0.39, 0.29) is 0 Å². The van der Waals surface area contributed by atoms with E-state index in [9.17, 15) is 5.26 Å². The number of hydrogen-bond acceptors (Lipinski definition) is 3. The van der Waals surface area contributed by atoms with Crippen LogP contribution in [0.15, 0.2) is 16.9 Å². The summed E-state index contributed by atoms with van der Waals surface area (Å²) in [7, 11) is 2.11. The summed E-state index contributed by atoms with van der Waals surface area (Å²) in [5, 5.41) is 14.3. The normalized spacial score (nSPS) is 47.2. The zero-order valence-electron chi connectivity index (χ0n) is 21.5. The average Bonchev–Trinajstić information content (AvgIpc) is 3.36. The first-order chi connectivity index (χ1) is 15.9. The number of nitriles is 1. The molecule has 0 aromatic carbocycles. The van der Waals surface area contributed by atoms with Crippen molar-refractivity contribution in [2.24, 2.45) is 57.9 Å². The molecule has 0 N–H and O–H groups in total. The number of ether oxygens (including phenoxy) is 1. The van der Waals surface area contributed by atoms with Crippen LogP contribution in [-0.2, 0) is 4.74 Å². The van der Waals surface area contributed by atoms with Crippen molar-refractivity contribution in [2.75, 3.05) is 26.8 Å². The molecule has 4 aliphatic carbocycles. The van der Waals surface area contributed by atoms with Crippen molar-refractivity contribution in [3.05, 3.63) is 11.8 Å². The molecule has 4 saturated carbocycles. The number of rotatable bonds is 6. The molecule has 5 aliphatic rings. The van der Waals surface area contributed by atoms with Crippen LogP contribution in [0.25, 0.3) is 0 Å². The zero-order valence-corrected chi connectivity index (χ0v) is 21.5. The second-order valence-electron chi connectivity index (χ2n) is 12.7. The molecular weight excluding hydrogens is 406 g/mol. The van der Waals surface area contributed by atoms with Crippen LogP contribution >= 0.6 is 0 Å². The molecule has 5 rings (SSSR count). The van der Waals surface area contributed by atoms with E-state index in [0.29, 0.717) is 15.9 Å². The van der Waals surface area contributed by atoms with E-state index in [4.69, 9.17) is 4.74 Å². The number of fused-ring (bicyclic) bond motifs is 5.